The number of aromatic nitrogens is 2. The number of amides is 1. The number of nitrogens with one attached hydrogen (secondary N) is 1. The van der Waals surface area contributed by atoms with Crippen molar-refractivity contribution in [3.05, 3.63) is 18.5 Å². The molecule has 150 valence electrons. The Morgan fingerprint density at radius 1 is 1.19 bits per heavy atom. The molecule has 1 aromatic rings. The van der Waals surface area contributed by atoms with Gasteiger partial charge in [-0.1, -0.05) is 6.92 Å². The molecule has 2 saturated heterocycles. The Kier molecular flexibility index (Phi) is 6.64. The topological polar surface area (TPSA) is 95.5 Å². The summed E-state index contributed by atoms with van der Waals surface area (Å²) in [5.74, 6) is 0.620. The van der Waals surface area contributed by atoms with Crippen LogP contribution in [0.1, 0.15) is 39.0 Å². The molecule has 2 aliphatic rings. The van der Waals surface area contributed by atoms with Crippen molar-refractivity contribution in [2.75, 3.05) is 36.8 Å². The third-order valence-corrected chi connectivity index (χ3v) is 7.33. The summed E-state index contributed by atoms with van der Waals surface area (Å²) in [5.41, 5.74) is 0. The summed E-state index contributed by atoms with van der Waals surface area (Å²) in [6.45, 7) is 4.30. The Morgan fingerprint density at radius 2 is 1.89 bits per heavy atom. The zero-order chi connectivity index (χ0) is 19.3. The molecule has 2 fully saturated rings. The number of hydrogen-bond donors (Lipinski definition) is 1. The van der Waals surface area contributed by atoms with Crippen molar-refractivity contribution in [1.29, 1.82) is 0 Å². The molecule has 1 aromatic heterocycles. The maximum absolute atomic E-state index is 12.7. The Bertz CT molecular complexity index is 720. The highest BCUT2D eigenvalue weighted by atomic mass is 32.2. The van der Waals surface area contributed by atoms with E-state index < -0.39 is 10.0 Å². The van der Waals surface area contributed by atoms with E-state index in [9.17, 15) is 13.2 Å². The van der Waals surface area contributed by atoms with Crippen molar-refractivity contribution in [2.45, 2.75) is 45.1 Å². The summed E-state index contributed by atoms with van der Waals surface area (Å²) in [4.78, 5) is 23.4. The molecule has 0 bridgehead atoms. The van der Waals surface area contributed by atoms with Crippen molar-refractivity contribution in [3.63, 3.8) is 0 Å². The maximum Gasteiger partial charge on any atom is 0.225 e. The van der Waals surface area contributed by atoms with E-state index in [4.69, 9.17) is 0 Å². The normalized spacial score (nSPS) is 22.6. The zero-order valence-electron chi connectivity index (χ0n) is 15.9. The molecule has 0 aromatic carbocycles. The molecule has 9 heteroatoms. The minimum Gasteiger partial charge on any atom is -0.353 e. The number of rotatable bonds is 6. The number of sulfonamides is 1. The molecule has 27 heavy (non-hydrogen) atoms. The Labute approximate surface area is 161 Å². The van der Waals surface area contributed by atoms with Crippen LogP contribution in [0.4, 0.5) is 5.95 Å². The molecule has 0 saturated carbocycles. The number of piperidine rings is 2. The molecule has 0 aliphatic carbocycles. The minimum absolute atomic E-state index is 0.0131. The van der Waals surface area contributed by atoms with Gasteiger partial charge in [0.2, 0.25) is 21.9 Å². The van der Waals surface area contributed by atoms with Gasteiger partial charge in [-0.2, -0.15) is 0 Å². The highest BCUT2D eigenvalue weighted by Gasteiger charge is 2.33. The average Bonchev–Trinajstić information content (AvgIpc) is 2.69. The highest BCUT2D eigenvalue weighted by molar-refractivity contribution is 7.89. The van der Waals surface area contributed by atoms with Crippen molar-refractivity contribution < 1.29 is 13.2 Å². The van der Waals surface area contributed by atoms with Crippen LogP contribution in [0.15, 0.2) is 18.5 Å². The molecule has 3 rings (SSSR count). The second kappa shape index (κ2) is 8.97. The lowest BCUT2D eigenvalue weighted by Gasteiger charge is -2.35. The lowest BCUT2D eigenvalue weighted by Crippen LogP contribution is -2.50. The largest absolute Gasteiger partial charge is 0.353 e. The van der Waals surface area contributed by atoms with Crippen LogP contribution in [0.2, 0.25) is 0 Å². The lowest BCUT2D eigenvalue weighted by molar-refractivity contribution is -0.126. The van der Waals surface area contributed by atoms with Gasteiger partial charge in [0.25, 0.3) is 0 Å². The molecular formula is C18H29N5O3S. The second-order valence-corrected chi connectivity index (χ2v) is 9.42. The minimum atomic E-state index is -3.24. The molecule has 1 amide bonds. The van der Waals surface area contributed by atoms with Crippen LogP contribution in [0.25, 0.3) is 0 Å². The number of hydrogen-bond acceptors (Lipinski definition) is 6. The van der Waals surface area contributed by atoms with Crippen LogP contribution in [0.3, 0.4) is 0 Å². The lowest BCUT2D eigenvalue weighted by atomic mass is 9.97. The summed E-state index contributed by atoms with van der Waals surface area (Å²) in [5, 5.41) is 3.14. The van der Waals surface area contributed by atoms with E-state index in [-0.39, 0.29) is 23.6 Å². The summed E-state index contributed by atoms with van der Waals surface area (Å²) < 4.78 is 26.1. The first-order chi connectivity index (χ1) is 13.0. The van der Waals surface area contributed by atoms with Crippen LogP contribution in [-0.4, -0.2) is 66.6 Å². The molecule has 0 spiro atoms. The van der Waals surface area contributed by atoms with Gasteiger partial charge in [-0.15, -0.1) is 0 Å². The van der Waals surface area contributed by atoms with Gasteiger partial charge in [-0.3, -0.25) is 4.79 Å². The summed E-state index contributed by atoms with van der Waals surface area (Å²) in [7, 11) is -3.24. The second-order valence-electron chi connectivity index (χ2n) is 7.33. The van der Waals surface area contributed by atoms with Gasteiger partial charge >= 0.3 is 0 Å². The van der Waals surface area contributed by atoms with Crippen LogP contribution >= 0.6 is 0 Å². The van der Waals surface area contributed by atoms with Crippen molar-refractivity contribution in [3.8, 4) is 0 Å². The molecule has 3 heterocycles. The summed E-state index contributed by atoms with van der Waals surface area (Å²) >= 11 is 0. The molecule has 0 radical (unpaired) electrons. The predicted octanol–water partition coefficient (Wildman–Crippen LogP) is 1.01. The monoisotopic (exact) mass is 395 g/mol. The fraction of sp³-hybridized carbons (Fsp3) is 0.722. The van der Waals surface area contributed by atoms with E-state index in [0.29, 0.717) is 19.5 Å². The first-order valence-electron chi connectivity index (χ1n) is 9.79. The van der Waals surface area contributed by atoms with E-state index in [1.54, 1.807) is 18.5 Å². The zero-order valence-corrected chi connectivity index (χ0v) is 16.7. The van der Waals surface area contributed by atoms with E-state index >= 15 is 0 Å². The molecule has 1 atom stereocenters. The third kappa shape index (κ3) is 5.16. The number of carbonyl (C=O) groups is 1. The summed E-state index contributed by atoms with van der Waals surface area (Å²) in [6.07, 6.45) is 7.24. The number of anilines is 1. The van der Waals surface area contributed by atoms with Gasteiger partial charge in [0, 0.05) is 44.6 Å². The molecule has 1 N–H and O–H groups in total. The fourth-order valence-corrected chi connectivity index (χ4v) is 5.38. The van der Waals surface area contributed by atoms with Crippen LogP contribution in [0, 0.1) is 5.92 Å². The van der Waals surface area contributed by atoms with Gasteiger partial charge in [0.15, 0.2) is 0 Å². The molecule has 0 unspecified atom stereocenters. The quantitative estimate of drug-likeness (QED) is 0.772. The Hall–Kier alpha value is -1.74. The predicted molar refractivity (Wildman–Crippen MR) is 104 cm³/mol. The average molecular weight is 396 g/mol. The standard InChI is InChI=1S/C18H29N5O3S/c1-2-13-27(25,26)23-10-3-5-15(14-23)17(24)21-16-6-11-22(12-7-16)18-19-8-4-9-20-18/h4,8-9,15-16H,2-3,5-7,10-14H2,1H3,(H,21,24)/t15-/m1/s1. The van der Waals surface area contributed by atoms with Gasteiger partial charge in [0.05, 0.1) is 11.7 Å². The van der Waals surface area contributed by atoms with Gasteiger partial charge in [0.1, 0.15) is 0 Å². The van der Waals surface area contributed by atoms with E-state index in [1.165, 1.54) is 4.31 Å². The van der Waals surface area contributed by atoms with E-state index in [1.807, 2.05) is 6.92 Å². The maximum atomic E-state index is 12.7. The van der Waals surface area contributed by atoms with Crippen molar-refractivity contribution in [1.82, 2.24) is 19.6 Å². The SMILES string of the molecule is CCCS(=O)(=O)N1CCC[C@@H](C(=O)NC2CCN(c3ncccn3)CC2)C1. The smallest absolute Gasteiger partial charge is 0.225 e. The highest BCUT2D eigenvalue weighted by Crippen LogP contribution is 2.21. The van der Waals surface area contributed by atoms with Crippen LogP contribution in [-0.2, 0) is 14.8 Å². The first kappa shape index (κ1) is 20.0. The number of carbonyl (C=O) groups excluding carboxylic acids is 1. The van der Waals surface area contributed by atoms with Gasteiger partial charge in [-0.25, -0.2) is 22.7 Å². The molecule has 2 aliphatic heterocycles. The van der Waals surface area contributed by atoms with E-state index in [0.717, 1.165) is 44.7 Å². The van der Waals surface area contributed by atoms with Gasteiger partial charge in [-0.05, 0) is 38.2 Å². The third-order valence-electron chi connectivity index (χ3n) is 5.29. The van der Waals surface area contributed by atoms with Gasteiger partial charge < -0.3 is 10.2 Å². The number of nitrogens with zero attached hydrogens (tertiary/aromatic N) is 4. The fourth-order valence-electron chi connectivity index (χ4n) is 3.79. The summed E-state index contributed by atoms with van der Waals surface area (Å²) in [6, 6.07) is 1.92. The van der Waals surface area contributed by atoms with E-state index in [2.05, 4.69) is 20.2 Å². The Balaban J connectivity index is 1.49. The van der Waals surface area contributed by atoms with Crippen molar-refractivity contribution >= 4 is 21.9 Å². The first-order valence-corrected chi connectivity index (χ1v) is 11.4. The molecule has 8 nitrogen and oxygen atoms in total. The Morgan fingerprint density at radius 3 is 2.56 bits per heavy atom. The van der Waals surface area contributed by atoms with Crippen molar-refractivity contribution in [2.24, 2.45) is 5.92 Å². The van der Waals surface area contributed by atoms with Crippen LogP contribution < -0.4 is 10.2 Å². The van der Waals surface area contributed by atoms with Crippen LogP contribution in [0.5, 0.6) is 0 Å². The molecular weight excluding hydrogens is 366 g/mol.